The molecule has 0 aliphatic carbocycles. The van der Waals surface area contributed by atoms with Crippen molar-refractivity contribution in [1.29, 1.82) is 0 Å². The molecule has 0 bridgehead atoms. The SMILES string of the molecule is CC(C)CCC(=O)c1ccc(Cl)c(F)c1. The van der Waals surface area contributed by atoms with Crippen molar-refractivity contribution in [2.75, 3.05) is 0 Å². The monoisotopic (exact) mass is 228 g/mol. The van der Waals surface area contributed by atoms with E-state index in [1.807, 2.05) is 0 Å². The zero-order valence-corrected chi connectivity index (χ0v) is 9.64. The third-order valence-electron chi connectivity index (χ3n) is 2.19. The molecule has 0 saturated heterocycles. The number of benzene rings is 1. The van der Waals surface area contributed by atoms with Crippen LogP contribution >= 0.6 is 11.6 Å². The van der Waals surface area contributed by atoms with Gasteiger partial charge in [-0.25, -0.2) is 4.39 Å². The first-order valence-corrected chi connectivity index (χ1v) is 5.36. The lowest BCUT2D eigenvalue weighted by molar-refractivity contribution is 0.0975. The standard InChI is InChI=1S/C12H14ClFO/c1-8(2)3-6-12(15)9-4-5-10(13)11(14)7-9/h4-5,7-8H,3,6H2,1-2H3. The summed E-state index contributed by atoms with van der Waals surface area (Å²) in [6.45, 7) is 4.10. The van der Waals surface area contributed by atoms with Crippen LogP contribution in [0.2, 0.25) is 5.02 Å². The van der Waals surface area contributed by atoms with E-state index < -0.39 is 5.82 Å². The molecule has 0 amide bonds. The maximum absolute atomic E-state index is 13.1. The number of Topliss-reactive ketones (excluding diaryl/α,β-unsaturated/α-hetero) is 1. The van der Waals surface area contributed by atoms with Gasteiger partial charge in [0.1, 0.15) is 5.82 Å². The molecule has 0 saturated carbocycles. The molecule has 0 N–H and O–H groups in total. The Balaban J connectivity index is 2.70. The van der Waals surface area contributed by atoms with Crippen molar-refractivity contribution in [1.82, 2.24) is 0 Å². The molecule has 0 unspecified atom stereocenters. The van der Waals surface area contributed by atoms with Gasteiger partial charge in [0.2, 0.25) is 0 Å². The minimum atomic E-state index is -0.535. The van der Waals surface area contributed by atoms with Crippen molar-refractivity contribution >= 4 is 17.4 Å². The van der Waals surface area contributed by atoms with E-state index in [-0.39, 0.29) is 10.8 Å². The van der Waals surface area contributed by atoms with Crippen LogP contribution < -0.4 is 0 Å². The molecule has 15 heavy (non-hydrogen) atoms. The van der Waals surface area contributed by atoms with Gasteiger partial charge in [-0.2, -0.15) is 0 Å². The molecule has 82 valence electrons. The molecule has 0 aliphatic heterocycles. The molecule has 1 aromatic rings. The van der Waals surface area contributed by atoms with Crippen LogP contribution in [0.3, 0.4) is 0 Å². The highest BCUT2D eigenvalue weighted by Crippen LogP contribution is 2.17. The predicted octanol–water partition coefficient (Wildman–Crippen LogP) is 4.10. The normalized spacial score (nSPS) is 10.7. The van der Waals surface area contributed by atoms with Crippen LogP contribution in [0.25, 0.3) is 0 Å². The Hall–Kier alpha value is -0.890. The third kappa shape index (κ3) is 3.63. The Bertz CT molecular complexity index is 361. The number of rotatable bonds is 4. The van der Waals surface area contributed by atoms with E-state index >= 15 is 0 Å². The Morgan fingerprint density at radius 3 is 2.67 bits per heavy atom. The number of carbonyl (C=O) groups excluding carboxylic acids is 1. The average molecular weight is 229 g/mol. The first kappa shape index (κ1) is 12.2. The fourth-order valence-corrected chi connectivity index (χ4v) is 1.35. The van der Waals surface area contributed by atoms with Crippen molar-refractivity contribution in [3.8, 4) is 0 Å². The molecule has 1 rings (SSSR count). The fourth-order valence-electron chi connectivity index (χ4n) is 1.23. The molecule has 0 aliphatic rings. The number of ketones is 1. The molecule has 0 aromatic heterocycles. The van der Waals surface area contributed by atoms with E-state index in [9.17, 15) is 9.18 Å². The maximum atomic E-state index is 13.1. The van der Waals surface area contributed by atoms with E-state index in [1.54, 1.807) is 6.07 Å². The number of halogens is 2. The highest BCUT2D eigenvalue weighted by molar-refractivity contribution is 6.30. The van der Waals surface area contributed by atoms with E-state index in [1.165, 1.54) is 12.1 Å². The van der Waals surface area contributed by atoms with Gasteiger partial charge in [-0.1, -0.05) is 25.4 Å². The van der Waals surface area contributed by atoms with Crippen LogP contribution in [0.15, 0.2) is 18.2 Å². The Morgan fingerprint density at radius 1 is 1.47 bits per heavy atom. The maximum Gasteiger partial charge on any atom is 0.162 e. The van der Waals surface area contributed by atoms with Crippen LogP contribution in [0.1, 0.15) is 37.0 Å². The Morgan fingerprint density at radius 2 is 2.13 bits per heavy atom. The van der Waals surface area contributed by atoms with Crippen LogP contribution in [0.5, 0.6) is 0 Å². The molecular weight excluding hydrogens is 215 g/mol. The van der Waals surface area contributed by atoms with E-state index in [0.29, 0.717) is 17.9 Å². The minimum Gasteiger partial charge on any atom is -0.294 e. The molecule has 1 nitrogen and oxygen atoms in total. The summed E-state index contributed by atoms with van der Waals surface area (Å²) in [6, 6.07) is 4.18. The zero-order chi connectivity index (χ0) is 11.4. The summed E-state index contributed by atoms with van der Waals surface area (Å²) in [6.07, 6.45) is 1.28. The van der Waals surface area contributed by atoms with E-state index in [0.717, 1.165) is 6.42 Å². The summed E-state index contributed by atoms with van der Waals surface area (Å²) >= 11 is 5.53. The summed E-state index contributed by atoms with van der Waals surface area (Å²) < 4.78 is 13.1. The van der Waals surface area contributed by atoms with Gasteiger partial charge < -0.3 is 0 Å². The summed E-state index contributed by atoms with van der Waals surface area (Å²) in [4.78, 5) is 11.6. The summed E-state index contributed by atoms with van der Waals surface area (Å²) in [5, 5.41) is 0.0513. The largest absolute Gasteiger partial charge is 0.294 e. The van der Waals surface area contributed by atoms with Crippen molar-refractivity contribution in [2.24, 2.45) is 5.92 Å². The second-order valence-corrected chi connectivity index (χ2v) is 4.39. The zero-order valence-electron chi connectivity index (χ0n) is 8.89. The van der Waals surface area contributed by atoms with Gasteiger partial charge in [0, 0.05) is 12.0 Å². The van der Waals surface area contributed by atoms with Gasteiger partial charge >= 0.3 is 0 Å². The average Bonchev–Trinajstić information content (AvgIpc) is 2.18. The van der Waals surface area contributed by atoms with Gasteiger partial charge in [0.15, 0.2) is 5.78 Å². The predicted molar refractivity (Wildman–Crippen MR) is 59.8 cm³/mol. The van der Waals surface area contributed by atoms with Crippen molar-refractivity contribution in [3.05, 3.63) is 34.6 Å². The second-order valence-electron chi connectivity index (χ2n) is 3.98. The second kappa shape index (κ2) is 5.26. The summed E-state index contributed by atoms with van der Waals surface area (Å²) in [5.41, 5.74) is 0.401. The molecule has 0 spiro atoms. The highest BCUT2D eigenvalue weighted by Gasteiger charge is 2.09. The third-order valence-corrected chi connectivity index (χ3v) is 2.50. The number of hydrogen-bond donors (Lipinski definition) is 0. The fraction of sp³-hybridized carbons (Fsp3) is 0.417. The molecule has 0 fully saturated rings. The Labute approximate surface area is 94.3 Å². The van der Waals surface area contributed by atoms with Crippen LogP contribution in [-0.2, 0) is 0 Å². The summed E-state index contributed by atoms with van der Waals surface area (Å²) in [5.74, 6) is -0.0857. The minimum absolute atomic E-state index is 0.0285. The Kier molecular flexibility index (Phi) is 4.28. The first-order valence-electron chi connectivity index (χ1n) is 4.99. The smallest absolute Gasteiger partial charge is 0.162 e. The van der Waals surface area contributed by atoms with Crippen LogP contribution in [-0.4, -0.2) is 5.78 Å². The van der Waals surface area contributed by atoms with Crippen LogP contribution in [0.4, 0.5) is 4.39 Å². The van der Waals surface area contributed by atoms with E-state index in [4.69, 9.17) is 11.6 Å². The molecule has 1 aromatic carbocycles. The molecule has 0 radical (unpaired) electrons. The van der Waals surface area contributed by atoms with Crippen LogP contribution in [0, 0.1) is 11.7 Å². The van der Waals surface area contributed by atoms with Gasteiger partial charge in [-0.15, -0.1) is 0 Å². The lowest BCUT2D eigenvalue weighted by atomic mass is 10.0. The number of carbonyl (C=O) groups is 1. The first-order chi connectivity index (χ1) is 7.00. The van der Waals surface area contributed by atoms with E-state index in [2.05, 4.69) is 13.8 Å². The molecule has 0 atom stereocenters. The van der Waals surface area contributed by atoms with Gasteiger partial charge in [0.25, 0.3) is 0 Å². The van der Waals surface area contributed by atoms with Gasteiger partial charge in [-0.3, -0.25) is 4.79 Å². The van der Waals surface area contributed by atoms with Crippen molar-refractivity contribution < 1.29 is 9.18 Å². The molecule has 0 heterocycles. The quantitative estimate of drug-likeness (QED) is 0.710. The molecular formula is C12H14ClFO. The topological polar surface area (TPSA) is 17.1 Å². The van der Waals surface area contributed by atoms with Crippen molar-refractivity contribution in [2.45, 2.75) is 26.7 Å². The van der Waals surface area contributed by atoms with Crippen molar-refractivity contribution in [3.63, 3.8) is 0 Å². The van der Waals surface area contributed by atoms with Gasteiger partial charge in [0.05, 0.1) is 5.02 Å². The molecule has 3 heteroatoms. The lowest BCUT2D eigenvalue weighted by Gasteiger charge is -2.04. The lowest BCUT2D eigenvalue weighted by Crippen LogP contribution is -2.01. The van der Waals surface area contributed by atoms with Gasteiger partial charge in [-0.05, 0) is 30.5 Å². The highest BCUT2D eigenvalue weighted by atomic mass is 35.5. The number of hydrogen-bond acceptors (Lipinski definition) is 1. The summed E-state index contributed by atoms with van der Waals surface area (Å²) in [7, 11) is 0.